The minimum atomic E-state index is -0.0632. The van der Waals surface area contributed by atoms with E-state index >= 15 is 0 Å². The zero-order valence-corrected chi connectivity index (χ0v) is 14.4. The van der Waals surface area contributed by atoms with Gasteiger partial charge in [0.2, 0.25) is 0 Å². The van der Waals surface area contributed by atoms with Crippen molar-refractivity contribution in [3.05, 3.63) is 23.3 Å². The number of amides is 1. The molecule has 1 aromatic heterocycles. The van der Waals surface area contributed by atoms with Crippen LogP contribution in [0.5, 0.6) is 0 Å². The molecule has 0 aliphatic carbocycles. The van der Waals surface area contributed by atoms with Gasteiger partial charge in [0.25, 0.3) is 5.91 Å². The second kappa shape index (κ2) is 6.53. The summed E-state index contributed by atoms with van der Waals surface area (Å²) in [6, 6.07) is 0.588. The summed E-state index contributed by atoms with van der Waals surface area (Å²) in [4.78, 5) is 23.3. The highest BCUT2D eigenvalue weighted by Crippen LogP contribution is 2.26. The summed E-state index contributed by atoms with van der Waals surface area (Å²) in [5.41, 5.74) is 2.07. The van der Waals surface area contributed by atoms with Crippen LogP contribution < -0.4 is 5.32 Å². The van der Waals surface area contributed by atoms with Crippen molar-refractivity contribution >= 4 is 5.91 Å². The Morgan fingerprint density at radius 1 is 1.30 bits per heavy atom. The average Bonchev–Trinajstić information content (AvgIpc) is 2.87. The van der Waals surface area contributed by atoms with Crippen molar-refractivity contribution in [1.82, 2.24) is 20.2 Å². The highest BCUT2D eigenvalue weighted by molar-refractivity contribution is 5.96. The zero-order chi connectivity index (χ0) is 16.6. The molecule has 3 rings (SSSR count). The number of rotatable bonds is 3. The average molecular weight is 318 g/mol. The number of carbonyl (C=O) groups is 1. The molecule has 0 saturated carbocycles. The van der Waals surface area contributed by atoms with E-state index in [1.807, 2.05) is 13.8 Å². The number of morpholine rings is 1. The van der Waals surface area contributed by atoms with Crippen LogP contribution in [0.2, 0.25) is 0 Å². The van der Waals surface area contributed by atoms with Crippen LogP contribution in [0.4, 0.5) is 0 Å². The van der Waals surface area contributed by atoms with Gasteiger partial charge in [-0.25, -0.2) is 9.97 Å². The molecule has 2 fully saturated rings. The molecule has 1 N–H and O–H groups in total. The largest absolute Gasteiger partial charge is 0.375 e. The van der Waals surface area contributed by atoms with Crippen LogP contribution in [0, 0.1) is 19.8 Å². The highest BCUT2D eigenvalue weighted by atomic mass is 16.5. The molecule has 2 aliphatic rings. The zero-order valence-electron chi connectivity index (χ0n) is 14.4. The molecule has 1 amide bonds. The van der Waals surface area contributed by atoms with Gasteiger partial charge in [-0.3, -0.25) is 9.69 Å². The first-order valence-corrected chi connectivity index (χ1v) is 8.40. The van der Waals surface area contributed by atoms with Gasteiger partial charge >= 0.3 is 0 Å². The number of ether oxygens (including phenoxy) is 1. The molecule has 0 radical (unpaired) electrons. The lowest BCUT2D eigenvalue weighted by Gasteiger charge is -2.36. The number of hydrogen-bond acceptors (Lipinski definition) is 5. The topological polar surface area (TPSA) is 67.3 Å². The van der Waals surface area contributed by atoms with Gasteiger partial charge < -0.3 is 10.1 Å². The van der Waals surface area contributed by atoms with Crippen LogP contribution in [0.15, 0.2) is 6.33 Å². The molecule has 0 spiro atoms. The SMILES string of the molecule is Cc1ncnc(C)c1C(=O)N[C@@H]1C[C@H]2CO[C@H](C(C)C)CN2C1. The number of nitrogens with one attached hydrogen (secondary N) is 1. The fourth-order valence-electron chi connectivity index (χ4n) is 3.59. The minimum absolute atomic E-state index is 0.0632. The van der Waals surface area contributed by atoms with E-state index in [0.717, 1.165) is 37.5 Å². The van der Waals surface area contributed by atoms with Gasteiger partial charge in [0, 0.05) is 25.2 Å². The van der Waals surface area contributed by atoms with Crippen molar-refractivity contribution < 1.29 is 9.53 Å². The molecular weight excluding hydrogens is 292 g/mol. The van der Waals surface area contributed by atoms with Crippen molar-refractivity contribution in [1.29, 1.82) is 0 Å². The summed E-state index contributed by atoms with van der Waals surface area (Å²) < 4.78 is 5.96. The van der Waals surface area contributed by atoms with Crippen LogP contribution in [0.3, 0.4) is 0 Å². The third-order valence-corrected chi connectivity index (χ3v) is 4.98. The minimum Gasteiger partial charge on any atom is -0.375 e. The van der Waals surface area contributed by atoms with Crippen molar-refractivity contribution in [2.45, 2.75) is 52.3 Å². The first-order chi connectivity index (χ1) is 11.0. The van der Waals surface area contributed by atoms with Crippen molar-refractivity contribution in [2.75, 3.05) is 19.7 Å². The number of aromatic nitrogens is 2. The lowest BCUT2D eigenvalue weighted by atomic mass is 10.0. The Morgan fingerprint density at radius 2 is 2.00 bits per heavy atom. The predicted octanol–water partition coefficient (Wildman–Crippen LogP) is 1.32. The highest BCUT2D eigenvalue weighted by Gasteiger charge is 2.38. The third kappa shape index (κ3) is 3.38. The third-order valence-electron chi connectivity index (χ3n) is 4.98. The molecule has 6 nitrogen and oxygen atoms in total. The maximum atomic E-state index is 12.6. The molecule has 23 heavy (non-hydrogen) atoms. The Balaban J connectivity index is 1.63. The number of aryl methyl sites for hydroxylation is 2. The van der Waals surface area contributed by atoms with Crippen LogP contribution in [0.1, 0.15) is 42.0 Å². The molecule has 6 heteroatoms. The van der Waals surface area contributed by atoms with E-state index in [4.69, 9.17) is 4.74 Å². The van der Waals surface area contributed by atoms with Gasteiger partial charge in [-0.05, 0) is 26.2 Å². The number of fused-ring (bicyclic) bond motifs is 1. The quantitative estimate of drug-likeness (QED) is 0.910. The second-order valence-electron chi connectivity index (χ2n) is 7.05. The van der Waals surface area contributed by atoms with E-state index in [9.17, 15) is 4.79 Å². The van der Waals surface area contributed by atoms with Crippen LogP contribution >= 0.6 is 0 Å². The second-order valence-corrected chi connectivity index (χ2v) is 7.05. The van der Waals surface area contributed by atoms with E-state index in [1.54, 1.807) is 0 Å². The maximum absolute atomic E-state index is 12.6. The van der Waals surface area contributed by atoms with Crippen LogP contribution in [-0.4, -0.2) is 58.7 Å². The summed E-state index contributed by atoms with van der Waals surface area (Å²) in [5.74, 6) is 0.461. The van der Waals surface area contributed by atoms with Gasteiger partial charge in [-0.15, -0.1) is 0 Å². The summed E-state index contributed by atoms with van der Waals surface area (Å²) in [7, 11) is 0. The summed E-state index contributed by atoms with van der Waals surface area (Å²) in [6.07, 6.45) is 2.75. The normalized spacial score (nSPS) is 28.0. The lowest BCUT2D eigenvalue weighted by molar-refractivity contribution is -0.0683. The van der Waals surface area contributed by atoms with Gasteiger partial charge in [-0.2, -0.15) is 0 Å². The van der Waals surface area contributed by atoms with E-state index in [-0.39, 0.29) is 11.9 Å². The maximum Gasteiger partial charge on any atom is 0.255 e. The molecule has 126 valence electrons. The Morgan fingerprint density at radius 3 is 2.65 bits per heavy atom. The van der Waals surface area contributed by atoms with E-state index in [2.05, 4.69) is 34.0 Å². The molecule has 3 heterocycles. The molecule has 2 saturated heterocycles. The van der Waals surface area contributed by atoms with E-state index in [0.29, 0.717) is 23.6 Å². The predicted molar refractivity (Wildman–Crippen MR) is 87.3 cm³/mol. The smallest absolute Gasteiger partial charge is 0.255 e. The Bertz CT molecular complexity index is 570. The van der Waals surface area contributed by atoms with Crippen LogP contribution in [0.25, 0.3) is 0 Å². The Labute approximate surface area is 137 Å². The van der Waals surface area contributed by atoms with Gasteiger partial charge in [0.1, 0.15) is 6.33 Å². The van der Waals surface area contributed by atoms with Gasteiger partial charge in [0.05, 0.1) is 29.7 Å². The number of nitrogens with zero attached hydrogens (tertiary/aromatic N) is 3. The van der Waals surface area contributed by atoms with Gasteiger partial charge in [0.15, 0.2) is 0 Å². The summed E-state index contributed by atoms with van der Waals surface area (Å²) in [5, 5.41) is 3.16. The van der Waals surface area contributed by atoms with E-state index < -0.39 is 0 Å². The van der Waals surface area contributed by atoms with Crippen LogP contribution in [-0.2, 0) is 4.74 Å². The standard InChI is InChI=1S/C17H26N4O2/c1-10(2)15-7-21-6-13(5-14(21)8-23-15)20-17(22)16-11(3)18-9-19-12(16)4/h9-10,13-15H,5-8H2,1-4H3,(H,20,22)/t13-,14+,15+/m1/s1. The molecule has 1 aromatic rings. The van der Waals surface area contributed by atoms with Gasteiger partial charge in [-0.1, -0.05) is 13.8 Å². The fraction of sp³-hybridized carbons (Fsp3) is 0.706. The van der Waals surface area contributed by atoms with E-state index in [1.165, 1.54) is 6.33 Å². The first kappa shape index (κ1) is 16.3. The molecule has 0 aromatic carbocycles. The van der Waals surface area contributed by atoms with Crippen molar-refractivity contribution in [2.24, 2.45) is 5.92 Å². The monoisotopic (exact) mass is 318 g/mol. The fourth-order valence-corrected chi connectivity index (χ4v) is 3.59. The number of hydrogen-bond donors (Lipinski definition) is 1. The lowest BCUT2D eigenvalue weighted by Crippen LogP contribution is -2.48. The first-order valence-electron chi connectivity index (χ1n) is 8.40. The molecule has 2 aliphatic heterocycles. The molecule has 0 bridgehead atoms. The van der Waals surface area contributed by atoms with Crippen molar-refractivity contribution in [3.63, 3.8) is 0 Å². The number of carbonyl (C=O) groups excluding carboxylic acids is 1. The van der Waals surface area contributed by atoms with Crippen molar-refractivity contribution in [3.8, 4) is 0 Å². The molecular formula is C17H26N4O2. The Hall–Kier alpha value is -1.53. The summed E-state index contributed by atoms with van der Waals surface area (Å²) >= 11 is 0. The Kier molecular flexibility index (Phi) is 4.64. The molecule has 3 atom stereocenters. The molecule has 0 unspecified atom stereocenters. The summed E-state index contributed by atoms with van der Waals surface area (Å²) in [6.45, 7) is 10.7.